The molecule has 1 atom stereocenters. The number of amides is 1. The number of nitrogens with one attached hydrogen (secondary N) is 1. The SMILES string of the molecule is COc1cc(S(=O)(=O)O)c(C)cc1NC(=O)C(N=Nc1ccc(OS(=O)(=O)c2c(C)ccc3ncsc23)cc1)C(C)=O.[NaH].[NaH]. The third kappa shape index (κ3) is 8.72. The molecule has 0 aliphatic rings. The minimum absolute atomic E-state index is 0. The summed E-state index contributed by atoms with van der Waals surface area (Å²) in [6.45, 7) is 4.20. The molecule has 1 aromatic heterocycles. The van der Waals surface area contributed by atoms with Crippen LogP contribution in [0.4, 0.5) is 11.4 Å². The predicted molar refractivity (Wildman–Crippen MR) is 168 cm³/mol. The first-order valence-electron chi connectivity index (χ1n) is 12.0. The van der Waals surface area contributed by atoms with Crippen molar-refractivity contribution in [3.63, 3.8) is 0 Å². The van der Waals surface area contributed by atoms with Gasteiger partial charge in [0, 0.05) is 6.07 Å². The maximum absolute atomic E-state index is 13.1. The van der Waals surface area contributed by atoms with Crippen molar-refractivity contribution in [2.45, 2.75) is 36.6 Å². The average molecular weight is 681 g/mol. The Bertz CT molecular complexity index is 1950. The number of fused-ring (bicyclic) bond motifs is 1. The van der Waals surface area contributed by atoms with Gasteiger partial charge in [-0.3, -0.25) is 14.1 Å². The van der Waals surface area contributed by atoms with Crippen molar-refractivity contribution in [1.29, 1.82) is 0 Å². The molecule has 224 valence electrons. The second kappa shape index (κ2) is 15.4. The van der Waals surface area contributed by atoms with Crippen molar-refractivity contribution in [2.75, 3.05) is 12.4 Å². The molecule has 0 saturated heterocycles. The number of nitrogens with zero attached hydrogens (tertiary/aromatic N) is 3. The number of carbonyl (C=O) groups is 2. The third-order valence-electron chi connectivity index (χ3n) is 5.90. The minimum atomic E-state index is -4.54. The van der Waals surface area contributed by atoms with E-state index in [4.69, 9.17) is 8.92 Å². The summed E-state index contributed by atoms with van der Waals surface area (Å²) >= 11 is 1.19. The van der Waals surface area contributed by atoms with E-state index in [0.29, 0.717) is 15.8 Å². The Morgan fingerprint density at radius 2 is 1.66 bits per heavy atom. The fourth-order valence-corrected chi connectivity index (χ4v) is 7.10. The zero-order valence-corrected chi connectivity index (χ0v) is 25.0. The van der Waals surface area contributed by atoms with E-state index >= 15 is 0 Å². The Kier molecular flexibility index (Phi) is 13.2. The van der Waals surface area contributed by atoms with E-state index in [0.717, 1.165) is 13.0 Å². The number of carbonyl (C=O) groups excluding carboxylic acids is 2. The van der Waals surface area contributed by atoms with Gasteiger partial charge in [0.15, 0.2) is 5.78 Å². The molecule has 0 aliphatic carbocycles. The fourth-order valence-electron chi connectivity index (χ4n) is 3.91. The Morgan fingerprint density at radius 3 is 2.25 bits per heavy atom. The van der Waals surface area contributed by atoms with E-state index in [-0.39, 0.29) is 92.4 Å². The zero-order valence-electron chi connectivity index (χ0n) is 22.6. The number of methoxy groups -OCH3 is 1. The molecular weight excluding hydrogens is 654 g/mol. The van der Waals surface area contributed by atoms with Crippen LogP contribution in [-0.2, 0) is 29.8 Å². The van der Waals surface area contributed by atoms with E-state index in [1.54, 1.807) is 24.6 Å². The van der Waals surface area contributed by atoms with Gasteiger partial charge >= 0.3 is 69.2 Å². The number of azo groups is 1. The van der Waals surface area contributed by atoms with Gasteiger partial charge in [0.25, 0.3) is 16.0 Å². The van der Waals surface area contributed by atoms with Gasteiger partial charge in [0.1, 0.15) is 21.3 Å². The van der Waals surface area contributed by atoms with Crippen LogP contribution in [0.2, 0.25) is 0 Å². The number of rotatable bonds is 10. The summed E-state index contributed by atoms with van der Waals surface area (Å²) in [5.41, 5.74) is 2.96. The van der Waals surface area contributed by atoms with Gasteiger partial charge < -0.3 is 14.2 Å². The number of hydrogen-bond donors (Lipinski definition) is 2. The first-order chi connectivity index (χ1) is 19.7. The first-order valence-corrected chi connectivity index (χ1v) is 15.7. The van der Waals surface area contributed by atoms with Crippen LogP contribution in [0, 0.1) is 13.8 Å². The quantitative estimate of drug-likeness (QED) is 0.0826. The second-order valence-electron chi connectivity index (χ2n) is 8.95. The molecule has 18 heteroatoms. The number of ether oxygens (including phenoxy) is 1. The van der Waals surface area contributed by atoms with Crippen molar-refractivity contribution >= 4 is 124 Å². The number of benzene rings is 3. The van der Waals surface area contributed by atoms with Crippen LogP contribution in [0.1, 0.15) is 18.1 Å². The topological polar surface area (TPSA) is 191 Å². The molecule has 1 heterocycles. The number of anilines is 1. The molecule has 2 N–H and O–H groups in total. The van der Waals surface area contributed by atoms with Crippen molar-refractivity contribution in [3.05, 3.63) is 65.2 Å². The number of Topliss-reactive ketones (excluding diaryl/α,β-unsaturated/α-hetero) is 1. The molecule has 1 amide bonds. The molecule has 0 radical (unpaired) electrons. The van der Waals surface area contributed by atoms with E-state index in [1.165, 1.54) is 55.7 Å². The van der Waals surface area contributed by atoms with Crippen LogP contribution < -0.4 is 14.2 Å². The molecule has 0 fully saturated rings. The fraction of sp³-hybridized carbons (Fsp3) is 0.192. The molecular formula is C26H26N4Na2O9S3. The normalized spacial score (nSPS) is 12.2. The van der Waals surface area contributed by atoms with Crippen LogP contribution in [0.5, 0.6) is 11.5 Å². The molecule has 0 aliphatic heterocycles. The van der Waals surface area contributed by atoms with Gasteiger partial charge in [-0.05, 0) is 68.3 Å². The van der Waals surface area contributed by atoms with Gasteiger partial charge in [-0.25, -0.2) is 4.98 Å². The molecule has 0 bridgehead atoms. The summed E-state index contributed by atoms with van der Waals surface area (Å²) < 4.78 is 69.6. The van der Waals surface area contributed by atoms with Gasteiger partial charge in [0.2, 0.25) is 6.04 Å². The molecule has 44 heavy (non-hydrogen) atoms. The van der Waals surface area contributed by atoms with E-state index < -0.39 is 42.9 Å². The third-order valence-corrected chi connectivity index (χ3v) is 9.32. The van der Waals surface area contributed by atoms with Crippen molar-refractivity contribution in [1.82, 2.24) is 4.98 Å². The summed E-state index contributed by atoms with van der Waals surface area (Å²) in [4.78, 5) is 28.9. The van der Waals surface area contributed by atoms with E-state index in [9.17, 15) is 31.0 Å². The molecule has 3 aromatic carbocycles. The van der Waals surface area contributed by atoms with Gasteiger partial charge in [-0.2, -0.15) is 27.1 Å². The number of aryl methyl sites for hydroxylation is 2. The summed E-state index contributed by atoms with van der Waals surface area (Å²) in [5, 5.41) is 10.2. The molecule has 13 nitrogen and oxygen atoms in total. The van der Waals surface area contributed by atoms with Crippen LogP contribution >= 0.6 is 11.3 Å². The Balaban J connectivity index is 0.00000337. The molecule has 4 rings (SSSR count). The van der Waals surface area contributed by atoms with E-state index in [1.807, 2.05) is 0 Å². The number of aromatic nitrogens is 1. The number of hydrogen-bond acceptors (Lipinski definition) is 12. The van der Waals surface area contributed by atoms with Crippen LogP contribution in [0.15, 0.2) is 74.1 Å². The van der Waals surface area contributed by atoms with Crippen LogP contribution in [0.25, 0.3) is 10.2 Å². The maximum atomic E-state index is 13.1. The molecule has 4 aromatic rings. The zero-order chi connectivity index (χ0) is 30.8. The van der Waals surface area contributed by atoms with Gasteiger partial charge in [0.05, 0.1) is 34.2 Å². The van der Waals surface area contributed by atoms with Crippen LogP contribution in [0.3, 0.4) is 0 Å². The summed E-state index contributed by atoms with van der Waals surface area (Å²) in [5.74, 6) is -1.58. The molecule has 0 spiro atoms. The van der Waals surface area contributed by atoms with Crippen LogP contribution in [-0.4, -0.2) is 110 Å². The predicted octanol–water partition coefficient (Wildman–Crippen LogP) is 3.32. The number of ketones is 1. The second-order valence-corrected chi connectivity index (χ2v) is 12.7. The summed E-state index contributed by atoms with van der Waals surface area (Å²) in [7, 11) is -7.50. The van der Waals surface area contributed by atoms with Gasteiger partial charge in [-0.15, -0.1) is 11.3 Å². The summed E-state index contributed by atoms with van der Waals surface area (Å²) in [6, 6.07) is 9.58. The van der Waals surface area contributed by atoms with E-state index in [2.05, 4.69) is 20.5 Å². The molecule has 1 unspecified atom stereocenters. The molecule has 0 saturated carbocycles. The van der Waals surface area contributed by atoms with Crippen molar-refractivity contribution in [3.8, 4) is 11.5 Å². The Hall–Kier alpha value is -2.25. The van der Waals surface area contributed by atoms with Crippen molar-refractivity contribution in [2.24, 2.45) is 10.2 Å². The summed E-state index contributed by atoms with van der Waals surface area (Å²) in [6.07, 6.45) is 0. The number of thiazole rings is 1. The first kappa shape index (κ1) is 37.9. The average Bonchev–Trinajstić information content (AvgIpc) is 3.37. The van der Waals surface area contributed by atoms with Crippen molar-refractivity contribution < 1.29 is 39.9 Å². The standard InChI is InChI=1S/C26H24N4O9S3.2Na.2H/c1-14-5-10-19-24(40-13-27-19)25(14)42(36,37)39-18-8-6-17(7-9-18)29-30-23(16(3)31)26(32)28-20-11-15(2)22(41(33,34)35)12-21(20)38-4;;;;/h5-13,23H,1-4H3,(H,28,32)(H,33,34,35);;;;. The Labute approximate surface area is 301 Å². The Morgan fingerprint density at radius 1 is 1.00 bits per heavy atom. The monoisotopic (exact) mass is 680 g/mol. The van der Waals surface area contributed by atoms with Gasteiger partial charge in [-0.1, -0.05) is 6.07 Å².